The highest BCUT2D eigenvalue weighted by Gasteiger charge is 2.23. The molecule has 0 fully saturated rings. The van der Waals surface area contributed by atoms with Crippen LogP contribution in [0.3, 0.4) is 0 Å². The van der Waals surface area contributed by atoms with Crippen molar-refractivity contribution in [2.45, 2.75) is 38.4 Å². The largest absolute Gasteiger partial charge is 0.497 e. The van der Waals surface area contributed by atoms with Gasteiger partial charge in [0.15, 0.2) is 0 Å². The molecule has 1 aromatic rings. The number of rotatable bonds is 9. The van der Waals surface area contributed by atoms with E-state index in [2.05, 4.69) is 5.16 Å². The van der Waals surface area contributed by atoms with Crippen molar-refractivity contribution in [2.24, 2.45) is 5.16 Å². The van der Waals surface area contributed by atoms with Gasteiger partial charge in [-0.05, 0) is 61.3 Å². The summed E-state index contributed by atoms with van der Waals surface area (Å²) in [5, 5.41) is 3.88. The minimum Gasteiger partial charge on any atom is -0.497 e. The lowest BCUT2D eigenvalue weighted by molar-refractivity contribution is 0.0274. The zero-order chi connectivity index (χ0) is 20.5. The standard InChI is InChI=1S/C21H26FNO5/c1-5-16(28-21(24)14-6-10-17(25-2)11-7-14)9-8-15-12-19(23-27-4)20(26-3)13-18(15)22/h6-7,10-13,16,20H,5,8-9H2,1-4H3. The van der Waals surface area contributed by atoms with Crippen LogP contribution in [0.2, 0.25) is 0 Å². The minimum absolute atomic E-state index is 0.328. The Balaban J connectivity index is 1.99. The number of carbonyl (C=O) groups is 1. The van der Waals surface area contributed by atoms with E-state index in [0.29, 0.717) is 41.9 Å². The maximum absolute atomic E-state index is 14.3. The second-order valence-electron chi connectivity index (χ2n) is 6.24. The van der Waals surface area contributed by atoms with E-state index in [1.807, 2.05) is 6.92 Å². The Hall–Kier alpha value is -2.67. The molecule has 0 radical (unpaired) electrons. The number of oxime groups is 1. The maximum atomic E-state index is 14.3. The summed E-state index contributed by atoms with van der Waals surface area (Å²) in [6.45, 7) is 1.92. The highest BCUT2D eigenvalue weighted by Crippen LogP contribution is 2.26. The first-order valence-electron chi connectivity index (χ1n) is 9.09. The van der Waals surface area contributed by atoms with Gasteiger partial charge in [-0.3, -0.25) is 0 Å². The van der Waals surface area contributed by atoms with Gasteiger partial charge < -0.3 is 19.0 Å². The number of esters is 1. The molecule has 1 aliphatic rings. The molecule has 2 atom stereocenters. The lowest BCUT2D eigenvalue weighted by atomic mass is 9.96. The van der Waals surface area contributed by atoms with Crippen LogP contribution in [-0.2, 0) is 14.3 Å². The third-order valence-electron chi connectivity index (χ3n) is 4.46. The molecule has 0 amide bonds. The molecule has 152 valence electrons. The summed E-state index contributed by atoms with van der Waals surface area (Å²) in [5.41, 5.74) is 1.41. The Kier molecular flexibility index (Phi) is 8.19. The zero-order valence-corrected chi connectivity index (χ0v) is 16.6. The Morgan fingerprint density at radius 2 is 1.93 bits per heavy atom. The van der Waals surface area contributed by atoms with Crippen LogP contribution >= 0.6 is 0 Å². The van der Waals surface area contributed by atoms with Crippen molar-refractivity contribution in [1.82, 2.24) is 0 Å². The number of ether oxygens (including phenoxy) is 3. The third kappa shape index (κ3) is 5.66. The number of carbonyl (C=O) groups excluding carboxylic acids is 1. The first-order chi connectivity index (χ1) is 13.5. The molecular formula is C21H26FNO5. The molecule has 1 aromatic carbocycles. The van der Waals surface area contributed by atoms with Crippen LogP contribution in [0.4, 0.5) is 4.39 Å². The van der Waals surface area contributed by atoms with Gasteiger partial charge in [0, 0.05) is 7.11 Å². The van der Waals surface area contributed by atoms with E-state index < -0.39 is 12.1 Å². The SMILES string of the molecule is CCC(CCC1=CC(=NOC)C(OC)C=C1F)OC(=O)c1ccc(OC)cc1. The molecule has 2 rings (SSSR count). The van der Waals surface area contributed by atoms with Crippen molar-refractivity contribution >= 4 is 11.7 Å². The van der Waals surface area contributed by atoms with Crippen LogP contribution in [0.5, 0.6) is 5.75 Å². The summed E-state index contributed by atoms with van der Waals surface area (Å²) in [7, 11) is 4.46. The van der Waals surface area contributed by atoms with Gasteiger partial charge in [-0.1, -0.05) is 12.1 Å². The van der Waals surface area contributed by atoms with E-state index in [1.54, 1.807) is 37.5 Å². The highest BCUT2D eigenvalue weighted by atomic mass is 19.1. The summed E-state index contributed by atoms with van der Waals surface area (Å²) < 4.78 is 30.2. The lowest BCUT2D eigenvalue weighted by Gasteiger charge is -2.20. The van der Waals surface area contributed by atoms with Gasteiger partial charge in [0.25, 0.3) is 0 Å². The number of allylic oxidation sites excluding steroid dienone is 2. The monoisotopic (exact) mass is 391 g/mol. The van der Waals surface area contributed by atoms with Crippen LogP contribution in [0.25, 0.3) is 0 Å². The van der Waals surface area contributed by atoms with Crippen molar-refractivity contribution in [1.29, 1.82) is 0 Å². The second kappa shape index (κ2) is 10.6. The predicted molar refractivity (Wildman–Crippen MR) is 104 cm³/mol. The van der Waals surface area contributed by atoms with Gasteiger partial charge in [-0.15, -0.1) is 0 Å². The Bertz CT molecular complexity index is 755. The smallest absolute Gasteiger partial charge is 0.338 e. The molecular weight excluding hydrogens is 365 g/mol. The van der Waals surface area contributed by atoms with Gasteiger partial charge in [0.05, 0.1) is 12.7 Å². The van der Waals surface area contributed by atoms with E-state index in [0.717, 1.165) is 0 Å². The van der Waals surface area contributed by atoms with E-state index in [4.69, 9.17) is 19.0 Å². The quantitative estimate of drug-likeness (QED) is 0.466. The van der Waals surface area contributed by atoms with E-state index >= 15 is 0 Å². The van der Waals surface area contributed by atoms with E-state index in [1.165, 1.54) is 20.3 Å². The molecule has 6 nitrogen and oxygen atoms in total. The third-order valence-corrected chi connectivity index (χ3v) is 4.46. The van der Waals surface area contributed by atoms with Crippen LogP contribution < -0.4 is 4.74 Å². The molecule has 0 bridgehead atoms. The molecule has 1 aliphatic carbocycles. The predicted octanol–water partition coefficient (Wildman–Crippen LogP) is 4.22. The number of methoxy groups -OCH3 is 2. The minimum atomic E-state index is -0.585. The molecule has 0 saturated heterocycles. The van der Waals surface area contributed by atoms with Gasteiger partial charge >= 0.3 is 5.97 Å². The van der Waals surface area contributed by atoms with Gasteiger partial charge in [0.1, 0.15) is 36.6 Å². The summed E-state index contributed by atoms with van der Waals surface area (Å²) in [4.78, 5) is 17.1. The maximum Gasteiger partial charge on any atom is 0.338 e. The molecule has 0 aromatic heterocycles. The van der Waals surface area contributed by atoms with Gasteiger partial charge in [-0.2, -0.15) is 0 Å². The molecule has 28 heavy (non-hydrogen) atoms. The number of nitrogens with zero attached hydrogens (tertiary/aromatic N) is 1. The van der Waals surface area contributed by atoms with E-state index in [-0.39, 0.29) is 11.9 Å². The number of halogens is 1. The Labute approximate surface area is 164 Å². The summed E-state index contributed by atoms with van der Waals surface area (Å²) >= 11 is 0. The Morgan fingerprint density at radius 3 is 2.50 bits per heavy atom. The summed E-state index contributed by atoms with van der Waals surface area (Å²) in [6.07, 6.45) is 3.58. The van der Waals surface area contributed by atoms with Crippen LogP contribution in [0, 0.1) is 0 Å². The number of benzene rings is 1. The second-order valence-corrected chi connectivity index (χ2v) is 6.24. The van der Waals surface area contributed by atoms with Crippen molar-refractivity contribution in [2.75, 3.05) is 21.3 Å². The van der Waals surface area contributed by atoms with E-state index in [9.17, 15) is 9.18 Å². The van der Waals surface area contributed by atoms with Crippen LogP contribution in [0.1, 0.15) is 36.5 Å². The summed E-state index contributed by atoms with van der Waals surface area (Å²) in [6, 6.07) is 6.71. The molecule has 2 unspecified atom stereocenters. The van der Waals surface area contributed by atoms with Gasteiger partial charge in [-0.25, -0.2) is 9.18 Å². The number of hydrogen-bond acceptors (Lipinski definition) is 6. The van der Waals surface area contributed by atoms with Crippen LogP contribution in [-0.4, -0.2) is 45.2 Å². The fourth-order valence-corrected chi connectivity index (χ4v) is 2.83. The van der Waals surface area contributed by atoms with Gasteiger partial charge in [0.2, 0.25) is 0 Å². The first kappa shape index (κ1) is 21.6. The van der Waals surface area contributed by atoms with Crippen LogP contribution in [0.15, 0.2) is 53.0 Å². The highest BCUT2D eigenvalue weighted by molar-refractivity contribution is 6.01. The average molecular weight is 391 g/mol. The van der Waals surface area contributed by atoms with Crippen molar-refractivity contribution in [3.63, 3.8) is 0 Å². The molecule has 0 aliphatic heterocycles. The Morgan fingerprint density at radius 1 is 1.21 bits per heavy atom. The molecule has 0 heterocycles. The summed E-state index contributed by atoms with van der Waals surface area (Å²) in [5.74, 6) is -0.111. The van der Waals surface area contributed by atoms with Crippen molar-refractivity contribution < 1.29 is 28.2 Å². The average Bonchev–Trinajstić information content (AvgIpc) is 2.72. The first-order valence-corrected chi connectivity index (χ1v) is 9.09. The van der Waals surface area contributed by atoms with Crippen molar-refractivity contribution in [3.8, 4) is 5.75 Å². The topological polar surface area (TPSA) is 66.3 Å². The zero-order valence-electron chi connectivity index (χ0n) is 16.6. The molecule has 0 N–H and O–H groups in total. The fraction of sp³-hybridized carbons (Fsp3) is 0.429. The normalized spacial score (nSPS) is 18.9. The lowest BCUT2D eigenvalue weighted by Crippen LogP contribution is -2.24. The fourth-order valence-electron chi connectivity index (χ4n) is 2.83. The number of hydrogen-bond donors (Lipinski definition) is 0. The molecule has 0 spiro atoms. The molecule has 0 saturated carbocycles. The van der Waals surface area contributed by atoms with Crippen molar-refractivity contribution in [3.05, 3.63) is 53.4 Å². The molecule has 7 heteroatoms.